The van der Waals surface area contributed by atoms with E-state index in [1.54, 1.807) is 6.07 Å². The van der Waals surface area contributed by atoms with Crippen molar-refractivity contribution in [1.29, 1.82) is 0 Å². The van der Waals surface area contributed by atoms with Gasteiger partial charge < -0.3 is 10.5 Å². The number of esters is 1. The zero-order chi connectivity index (χ0) is 15.0. The van der Waals surface area contributed by atoms with Crippen LogP contribution >= 0.6 is 0 Å². The van der Waals surface area contributed by atoms with Gasteiger partial charge in [0.2, 0.25) is 0 Å². The molecule has 0 aliphatic heterocycles. The van der Waals surface area contributed by atoms with Gasteiger partial charge in [-0.2, -0.15) is 0 Å². The van der Waals surface area contributed by atoms with Gasteiger partial charge in [-0.25, -0.2) is 4.79 Å². The van der Waals surface area contributed by atoms with Gasteiger partial charge in [-0.3, -0.25) is 0 Å². The Labute approximate surface area is 122 Å². The van der Waals surface area contributed by atoms with Crippen LogP contribution in [0.25, 0.3) is 0 Å². The molecule has 1 rings (SSSR count). The van der Waals surface area contributed by atoms with Crippen LogP contribution in [0.1, 0.15) is 66.9 Å². The number of benzene rings is 1. The molecular formula is C17H27NO2. The fraction of sp³-hybridized carbons (Fsp3) is 0.588. The number of aryl methyl sites for hydroxylation is 2. The molecule has 0 aromatic heterocycles. The number of hydrogen-bond donors (Lipinski definition) is 1. The first-order valence-corrected chi connectivity index (χ1v) is 7.60. The highest BCUT2D eigenvalue weighted by Gasteiger charge is 2.12. The lowest BCUT2D eigenvalue weighted by molar-refractivity contribution is 0.0497. The van der Waals surface area contributed by atoms with E-state index in [0.717, 1.165) is 24.0 Å². The molecule has 3 heteroatoms. The van der Waals surface area contributed by atoms with Crippen molar-refractivity contribution in [3.63, 3.8) is 0 Å². The molecule has 0 atom stereocenters. The van der Waals surface area contributed by atoms with E-state index in [4.69, 9.17) is 10.5 Å². The molecule has 0 radical (unpaired) electrons. The number of anilines is 1. The molecule has 0 saturated carbocycles. The molecule has 2 N–H and O–H groups in total. The van der Waals surface area contributed by atoms with Gasteiger partial charge in [0.25, 0.3) is 0 Å². The van der Waals surface area contributed by atoms with E-state index in [2.05, 4.69) is 6.92 Å². The van der Waals surface area contributed by atoms with E-state index < -0.39 is 0 Å². The summed E-state index contributed by atoms with van der Waals surface area (Å²) < 4.78 is 5.32. The van der Waals surface area contributed by atoms with Crippen molar-refractivity contribution in [3.8, 4) is 0 Å². The Morgan fingerprint density at radius 3 is 2.40 bits per heavy atom. The molecular weight excluding hydrogens is 250 g/mol. The lowest BCUT2D eigenvalue weighted by Gasteiger charge is -2.09. The number of unbranched alkanes of at least 4 members (excludes halogenated alkanes) is 5. The maximum atomic E-state index is 12.0. The zero-order valence-electron chi connectivity index (χ0n) is 13.0. The molecule has 0 spiro atoms. The van der Waals surface area contributed by atoms with Crippen molar-refractivity contribution in [2.45, 2.75) is 59.3 Å². The van der Waals surface area contributed by atoms with Gasteiger partial charge in [-0.1, -0.05) is 45.1 Å². The van der Waals surface area contributed by atoms with E-state index in [9.17, 15) is 4.79 Å². The molecule has 20 heavy (non-hydrogen) atoms. The molecule has 0 unspecified atom stereocenters. The number of hydrogen-bond acceptors (Lipinski definition) is 3. The Morgan fingerprint density at radius 2 is 1.70 bits per heavy atom. The Bertz CT molecular complexity index is 441. The maximum absolute atomic E-state index is 12.0. The van der Waals surface area contributed by atoms with Crippen LogP contribution in [0.3, 0.4) is 0 Å². The van der Waals surface area contributed by atoms with Gasteiger partial charge >= 0.3 is 5.97 Å². The predicted molar refractivity (Wildman–Crippen MR) is 84.0 cm³/mol. The topological polar surface area (TPSA) is 52.3 Å². The van der Waals surface area contributed by atoms with Crippen LogP contribution in [0.5, 0.6) is 0 Å². The van der Waals surface area contributed by atoms with Crippen molar-refractivity contribution in [3.05, 3.63) is 28.8 Å². The first-order valence-electron chi connectivity index (χ1n) is 7.60. The summed E-state index contributed by atoms with van der Waals surface area (Å²) in [6, 6.07) is 3.64. The minimum atomic E-state index is -0.261. The van der Waals surface area contributed by atoms with Gasteiger partial charge in [0.15, 0.2) is 0 Å². The van der Waals surface area contributed by atoms with E-state index in [0.29, 0.717) is 17.9 Å². The van der Waals surface area contributed by atoms with Gasteiger partial charge in [-0.15, -0.1) is 0 Å². The van der Waals surface area contributed by atoms with Crippen LogP contribution in [0.2, 0.25) is 0 Å². The summed E-state index contributed by atoms with van der Waals surface area (Å²) in [5.74, 6) is -0.261. The average molecular weight is 277 g/mol. The SMILES string of the molecule is CCCCCCCCOC(=O)c1cc(N)c(C)cc1C. The molecule has 112 valence electrons. The lowest BCUT2D eigenvalue weighted by Crippen LogP contribution is -2.09. The molecule has 0 heterocycles. The molecule has 1 aromatic rings. The smallest absolute Gasteiger partial charge is 0.338 e. The lowest BCUT2D eigenvalue weighted by atomic mass is 10.0. The van der Waals surface area contributed by atoms with Crippen LogP contribution in [-0.2, 0) is 4.74 Å². The number of carbonyl (C=O) groups excluding carboxylic acids is 1. The quantitative estimate of drug-likeness (QED) is 0.435. The normalized spacial score (nSPS) is 10.6. The number of ether oxygens (including phenoxy) is 1. The summed E-state index contributed by atoms with van der Waals surface area (Å²) in [4.78, 5) is 12.0. The Morgan fingerprint density at radius 1 is 1.05 bits per heavy atom. The molecule has 0 fully saturated rings. The third kappa shape index (κ3) is 5.24. The third-order valence-electron chi connectivity index (χ3n) is 3.56. The van der Waals surface area contributed by atoms with Crippen LogP contribution in [-0.4, -0.2) is 12.6 Å². The highest BCUT2D eigenvalue weighted by atomic mass is 16.5. The maximum Gasteiger partial charge on any atom is 0.338 e. The first-order chi connectivity index (χ1) is 9.56. The molecule has 0 aliphatic carbocycles. The third-order valence-corrected chi connectivity index (χ3v) is 3.56. The Balaban J connectivity index is 2.34. The Hall–Kier alpha value is -1.51. The number of nitrogens with two attached hydrogens (primary N) is 1. The fourth-order valence-electron chi connectivity index (χ4n) is 2.21. The summed E-state index contributed by atoms with van der Waals surface area (Å²) in [6.45, 7) is 6.55. The van der Waals surface area contributed by atoms with Crippen molar-refractivity contribution < 1.29 is 9.53 Å². The van der Waals surface area contributed by atoms with Crippen molar-refractivity contribution >= 4 is 11.7 Å². The van der Waals surface area contributed by atoms with Crippen LogP contribution in [0, 0.1) is 13.8 Å². The average Bonchev–Trinajstić information content (AvgIpc) is 2.41. The molecule has 0 bridgehead atoms. The monoisotopic (exact) mass is 277 g/mol. The molecule has 0 aliphatic rings. The van der Waals surface area contributed by atoms with Gasteiger partial charge in [0.1, 0.15) is 0 Å². The molecule has 0 amide bonds. The van der Waals surface area contributed by atoms with Gasteiger partial charge in [-0.05, 0) is 37.5 Å². The highest BCUT2D eigenvalue weighted by Crippen LogP contribution is 2.18. The summed E-state index contributed by atoms with van der Waals surface area (Å²) >= 11 is 0. The van der Waals surface area contributed by atoms with Crippen LogP contribution < -0.4 is 5.73 Å². The highest BCUT2D eigenvalue weighted by molar-refractivity contribution is 5.92. The fourth-order valence-corrected chi connectivity index (χ4v) is 2.21. The number of carbonyl (C=O) groups is 1. The second kappa shape index (κ2) is 8.62. The van der Waals surface area contributed by atoms with Crippen molar-refractivity contribution in [1.82, 2.24) is 0 Å². The minimum Gasteiger partial charge on any atom is -0.462 e. The van der Waals surface area contributed by atoms with E-state index >= 15 is 0 Å². The zero-order valence-corrected chi connectivity index (χ0v) is 13.0. The predicted octanol–water partition coefficient (Wildman–Crippen LogP) is 4.40. The number of rotatable bonds is 8. The standard InChI is InChI=1S/C17H27NO2/c1-4-5-6-7-8-9-10-20-17(19)15-12-16(18)14(3)11-13(15)2/h11-12H,4-10,18H2,1-3H3. The molecule has 3 nitrogen and oxygen atoms in total. The van der Waals surface area contributed by atoms with Crippen LogP contribution in [0.15, 0.2) is 12.1 Å². The van der Waals surface area contributed by atoms with E-state index in [1.165, 1.54) is 25.7 Å². The summed E-state index contributed by atoms with van der Waals surface area (Å²) in [5.41, 5.74) is 8.98. The van der Waals surface area contributed by atoms with Crippen molar-refractivity contribution in [2.24, 2.45) is 0 Å². The Kier molecular flexibility index (Phi) is 7.13. The number of nitrogen functional groups attached to an aromatic ring is 1. The summed E-state index contributed by atoms with van der Waals surface area (Å²) in [6.07, 6.45) is 7.11. The summed E-state index contributed by atoms with van der Waals surface area (Å²) in [7, 11) is 0. The van der Waals surface area contributed by atoms with Crippen LogP contribution in [0.4, 0.5) is 5.69 Å². The first kappa shape index (κ1) is 16.5. The molecule has 0 saturated heterocycles. The van der Waals surface area contributed by atoms with Gasteiger partial charge in [0, 0.05) is 5.69 Å². The van der Waals surface area contributed by atoms with Crippen molar-refractivity contribution in [2.75, 3.05) is 12.3 Å². The van der Waals surface area contributed by atoms with E-state index in [1.807, 2.05) is 19.9 Å². The second-order valence-electron chi connectivity index (χ2n) is 5.43. The van der Waals surface area contributed by atoms with Gasteiger partial charge in [0.05, 0.1) is 12.2 Å². The van der Waals surface area contributed by atoms with E-state index in [-0.39, 0.29) is 5.97 Å². The second-order valence-corrected chi connectivity index (χ2v) is 5.43. The molecule has 1 aromatic carbocycles. The largest absolute Gasteiger partial charge is 0.462 e. The minimum absolute atomic E-state index is 0.261. The summed E-state index contributed by atoms with van der Waals surface area (Å²) in [5, 5.41) is 0.